The third-order valence-corrected chi connectivity index (χ3v) is 4.41. The van der Waals surface area contributed by atoms with Crippen LogP contribution in [0.15, 0.2) is 40.6 Å². The van der Waals surface area contributed by atoms with Crippen LogP contribution >= 0.6 is 11.3 Å². The fraction of sp³-hybridized carbons (Fsp3) is 0.167. The van der Waals surface area contributed by atoms with Crippen LogP contribution in [0.25, 0.3) is 0 Å². The molecule has 0 saturated heterocycles. The van der Waals surface area contributed by atoms with Crippen LogP contribution in [0.1, 0.15) is 4.88 Å². The van der Waals surface area contributed by atoms with Crippen LogP contribution in [0.3, 0.4) is 0 Å². The summed E-state index contributed by atoms with van der Waals surface area (Å²) in [6, 6.07) is 8.38. The molecule has 0 amide bonds. The molecule has 19 heavy (non-hydrogen) atoms. The van der Waals surface area contributed by atoms with Crippen molar-refractivity contribution in [1.82, 2.24) is 0 Å². The molecule has 0 aliphatic heterocycles. The second-order valence-electron chi connectivity index (χ2n) is 3.92. The van der Waals surface area contributed by atoms with Crippen molar-refractivity contribution < 1.29 is 13.2 Å². The van der Waals surface area contributed by atoms with E-state index in [-0.39, 0.29) is 10.6 Å². The van der Waals surface area contributed by atoms with E-state index in [2.05, 4.69) is 0 Å². The molecule has 102 valence electrons. The Labute approximate surface area is 115 Å². The maximum atomic E-state index is 11.2. The molecule has 0 spiro atoms. The zero-order chi connectivity index (χ0) is 13.9. The quantitative estimate of drug-likeness (QED) is 0.820. The Morgan fingerprint density at radius 2 is 2.05 bits per heavy atom. The molecule has 0 radical (unpaired) electrons. The lowest BCUT2D eigenvalue weighted by Crippen LogP contribution is -2.14. The average molecular weight is 298 g/mol. The van der Waals surface area contributed by atoms with Gasteiger partial charge in [-0.15, -0.1) is 11.3 Å². The first-order valence-electron chi connectivity index (χ1n) is 5.54. The highest BCUT2D eigenvalue weighted by Crippen LogP contribution is 2.23. The van der Waals surface area contributed by atoms with Crippen molar-refractivity contribution in [2.24, 2.45) is 5.14 Å². The van der Waals surface area contributed by atoms with Gasteiger partial charge in [-0.2, -0.15) is 0 Å². The van der Waals surface area contributed by atoms with Gasteiger partial charge in [0.05, 0.1) is 12.3 Å². The van der Waals surface area contributed by atoms with Crippen LogP contribution in [0, 0.1) is 0 Å². The minimum absolute atomic E-state index is 0.0851. The predicted molar refractivity (Wildman–Crippen MR) is 75.7 cm³/mol. The van der Waals surface area contributed by atoms with Gasteiger partial charge < -0.3 is 10.5 Å². The first kappa shape index (κ1) is 13.9. The minimum Gasteiger partial charge on any atom is -0.493 e. The lowest BCUT2D eigenvalue weighted by Gasteiger charge is -2.08. The summed E-state index contributed by atoms with van der Waals surface area (Å²) >= 11 is 1.67. The smallest absolute Gasteiger partial charge is 0.240 e. The number of sulfonamides is 1. The topological polar surface area (TPSA) is 95.4 Å². The molecule has 1 aromatic heterocycles. The van der Waals surface area contributed by atoms with E-state index in [0.717, 1.165) is 6.42 Å². The van der Waals surface area contributed by atoms with E-state index >= 15 is 0 Å². The molecule has 0 aliphatic rings. The van der Waals surface area contributed by atoms with Gasteiger partial charge in [0, 0.05) is 17.4 Å². The Morgan fingerprint density at radius 1 is 1.26 bits per heavy atom. The van der Waals surface area contributed by atoms with E-state index in [4.69, 9.17) is 15.6 Å². The average Bonchev–Trinajstić information content (AvgIpc) is 2.80. The second-order valence-corrected chi connectivity index (χ2v) is 6.48. The molecule has 0 saturated carbocycles. The maximum absolute atomic E-state index is 11.2. The number of hydrogen-bond donors (Lipinski definition) is 2. The monoisotopic (exact) mass is 298 g/mol. The molecule has 0 aliphatic carbocycles. The molecular weight excluding hydrogens is 284 g/mol. The van der Waals surface area contributed by atoms with Crippen molar-refractivity contribution in [2.75, 3.05) is 12.3 Å². The summed E-state index contributed by atoms with van der Waals surface area (Å²) in [4.78, 5) is 1.15. The van der Waals surface area contributed by atoms with Crippen molar-refractivity contribution >= 4 is 27.0 Å². The first-order chi connectivity index (χ1) is 8.97. The molecule has 1 heterocycles. The Balaban J connectivity index is 2.00. The SMILES string of the molecule is Nc1cc(OCCc2cccs2)ccc1S(N)(=O)=O. The minimum atomic E-state index is -3.79. The molecule has 2 rings (SSSR count). The third kappa shape index (κ3) is 3.69. The fourth-order valence-electron chi connectivity index (χ4n) is 1.60. The van der Waals surface area contributed by atoms with E-state index in [9.17, 15) is 8.42 Å². The van der Waals surface area contributed by atoms with Gasteiger partial charge >= 0.3 is 0 Å². The fourth-order valence-corrected chi connectivity index (χ4v) is 2.94. The lowest BCUT2D eigenvalue weighted by atomic mass is 10.3. The van der Waals surface area contributed by atoms with Crippen LogP contribution in [0.5, 0.6) is 5.75 Å². The van der Waals surface area contributed by atoms with Gasteiger partial charge in [-0.3, -0.25) is 0 Å². The highest BCUT2D eigenvalue weighted by atomic mass is 32.2. The zero-order valence-corrected chi connectivity index (χ0v) is 11.7. The maximum Gasteiger partial charge on any atom is 0.240 e. The second kappa shape index (κ2) is 5.60. The van der Waals surface area contributed by atoms with Gasteiger partial charge in [0.2, 0.25) is 10.0 Å². The number of nitrogen functional groups attached to an aromatic ring is 1. The largest absolute Gasteiger partial charge is 0.493 e. The summed E-state index contributed by atoms with van der Waals surface area (Å²) in [5.74, 6) is 0.529. The molecule has 0 bridgehead atoms. The van der Waals surface area contributed by atoms with Crippen molar-refractivity contribution in [1.29, 1.82) is 0 Å². The Morgan fingerprint density at radius 3 is 2.63 bits per heavy atom. The number of ether oxygens (including phenoxy) is 1. The highest BCUT2D eigenvalue weighted by molar-refractivity contribution is 7.89. The number of hydrogen-bond acceptors (Lipinski definition) is 5. The van der Waals surface area contributed by atoms with Crippen molar-refractivity contribution in [2.45, 2.75) is 11.3 Å². The van der Waals surface area contributed by atoms with Gasteiger partial charge in [-0.05, 0) is 23.6 Å². The van der Waals surface area contributed by atoms with Gasteiger partial charge in [0.25, 0.3) is 0 Å². The summed E-state index contributed by atoms with van der Waals surface area (Å²) < 4.78 is 27.9. The summed E-state index contributed by atoms with van der Waals surface area (Å²) in [6.45, 7) is 0.509. The number of thiophene rings is 1. The van der Waals surface area contributed by atoms with Crippen molar-refractivity contribution in [3.8, 4) is 5.75 Å². The highest BCUT2D eigenvalue weighted by Gasteiger charge is 2.12. The molecule has 0 unspecified atom stereocenters. The molecule has 7 heteroatoms. The molecule has 5 nitrogen and oxygen atoms in total. The van der Waals surface area contributed by atoms with Gasteiger partial charge in [-0.1, -0.05) is 6.07 Å². The van der Waals surface area contributed by atoms with E-state index < -0.39 is 10.0 Å². The summed E-state index contributed by atoms with van der Waals surface area (Å²) in [6.07, 6.45) is 0.800. The van der Waals surface area contributed by atoms with E-state index in [1.165, 1.54) is 17.0 Å². The molecular formula is C12H14N2O3S2. The molecule has 0 atom stereocenters. The third-order valence-electron chi connectivity index (χ3n) is 2.49. The predicted octanol–water partition coefficient (Wildman–Crippen LogP) is 1.60. The van der Waals surface area contributed by atoms with Gasteiger partial charge in [0.15, 0.2) is 0 Å². The van der Waals surface area contributed by atoms with Crippen LogP contribution in [-0.4, -0.2) is 15.0 Å². The zero-order valence-electron chi connectivity index (χ0n) is 10.1. The van der Waals surface area contributed by atoms with Crippen LogP contribution in [-0.2, 0) is 16.4 Å². The van der Waals surface area contributed by atoms with Crippen LogP contribution < -0.4 is 15.6 Å². The Hall–Kier alpha value is -1.57. The normalized spacial score (nSPS) is 11.4. The number of primary sulfonamides is 1. The first-order valence-corrected chi connectivity index (χ1v) is 7.97. The number of benzene rings is 1. The van der Waals surface area contributed by atoms with Gasteiger partial charge in [0.1, 0.15) is 10.6 Å². The van der Waals surface area contributed by atoms with Crippen LogP contribution in [0.2, 0.25) is 0 Å². The van der Waals surface area contributed by atoms with E-state index in [1.54, 1.807) is 17.4 Å². The van der Waals surface area contributed by atoms with Crippen molar-refractivity contribution in [3.05, 3.63) is 40.6 Å². The molecule has 2 aromatic rings. The molecule has 1 aromatic carbocycles. The number of nitrogens with two attached hydrogens (primary N) is 2. The summed E-state index contributed by atoms with van der Waals surface area (Å²) in [5.41, 5.74) is 5.73. The van der Waals surface area contributed by atoms with E-state index in [0.29, 0.717) is 12.4 Å². The lowest BCUT2D eigenvalue weighted by molar-refractivity contribution is 0.323. The molecule has 4 N–H and O–H groups in total. The molecule has 0 fully saturated rings. The Bertz CT molecular complexity index is 652. The van der Waals surface area contributed by atoms with Crippen molar-refractivity contribution in [3.63, 3.8) is 0 Å². The van der Waals surface area contributed by atoms with E-state index in [1.807, 2.05) is 17.5 Å². The number of anilines is 1. The number of rotatable bonds is 5. The standard InChI is InChI=1S/C12H14N2O3S2/c13-11-8-9(3-4-12(11)19(14,15)16)17-6-5-10-2-1-7-18-10/h1-4,7-8H,5-6,13H2,(H2,14,15,16). The summed E-state index contributed by atoms with van der Waals surface area (Å²) in [5, 5.41) is 7.03. The Kier molecular flexibility index (Phi) is 4.08. The van der Waals surface area contributed by atoms with Crippen LogP contribution in [0.4, 0.5) is 5.69 Å². The summed E-state index contributed by atoms with van der Waals surface area (Å²) in [7, 11) is -3.79. The van der Waals surface area contributed by atoms with Gasteiger partial charge in [-0.25, -0.2) is 13.6 Å².